The predicted octanol–water partition coefficient (Wildman–Crippen LogP) is 3.09. The van der Waals surface area contributed by atoms with Crippen molar-refractivity contribution < 1.29 is 19.0 Å². The van der Waals surface area contributed by atoms with E-state index < -0.39 is 0 Å². The molecule has 5 nitrogen and oxygen atoms in total. The fourth-order valence-electron chi connectivity index (χ4n) is 2.46. The minimum atomic E-state index is -0.192. The molecule has 6 heteroatoms. The fraction of sp³-hybridized carbons (Fsp3) is 0.278. The maximum atomic E-state index is 12.3. The van der Waals surface area contributed by atoms with Crippen LogP contribution in [0.1, 0.15) is 15.9 Å². The van der Waals surface area contributed by atoms with Gasteiger partial charge in [-0.15, -0.1) is 0 Å². The first-order valence-corrected chi connectivity index (χ1v) is 8.05. The van der Waals surface area contributed by atoms with Gasteiger partial charge in [-0.05, 0) is 36.2 Å². The van der Waals surface area contributed by atoms with Crippen LogP contribution in [0.5, 0.6) is 17.2 Å². The number of rotatable bonds is 5. The third-order valence-electron chi connectivity index (χ3n) is 3.72. The van der Waals surface area contributed by atoms with Crippen LogP contribution in [0.2, 0.25) is 5.02 Å². The molecule has 0 aliphatic carbocycles. The number of halogens is 1. The summed E-state index contributed by atoms with van der Waals surface area (Å²) >= 11 is 6.15. The molecular weight excluding hydrogens is 330 g/mol. The summed E-state index contributed by atoms with van der Waals surface area (Å²) in [4.78, 5) is 12.3. The second-order valence-electron chi connectivity index (χ2n) is 5.34. The molecule has 126 valence electrons. The van der Waals surface area contributed by atoms with Crippen molar-refractivity contribution in [2.45, 2.75) is 6.42 Å². The van der Waals surface area contributed by atoms with Crippen LogP contribution >= 0.6 is 11.6 Å². The second-order valence-corrected chi connectivity index (χ2v) is 5.74. The van der Waals surface area contributed by atoms with Gasteiger partial charge in [0.15, 0.2) is 11.5 Å². The summed E-state index contributed by atoms with van der Waals surface area (Å²) in [6.07, 6.45) is 0.730. The summed E-state index contributed by atoms with van der Waals surface area (Å²) in [5, 5.41) is 3.27. The van der Waals surface area contributed by atoms with E-state index in [-0.39, 0.29) is 5.91 Å². The topological polar surface area (TPSA) is 56.8 Å². The standard InChI is InChI=1S/C18H18ClNO4/c1-22-14-4-2-12(3-5-14)6-7-20-18(21)13-10-15(19)17-16(11-13)23-8-9-24-17/h2-5,10-11H,6-9H2,1H3,(H,20,21). The van der Waals surface area contributed by atoms with Gasteiger partial charge < -0.3 is 19.5 Å². The minimum absolute atomic E-state index is 0.192. The highest BCUT2D eigenvalue weighted by Crippen LogP contribution is 2.38. The Hall–Kier alpha value is -2.40. The van der Waals surface area contributed by atoms with Crippen LogP contribution in [-0.4, -0.2) is 32.8 Å². The number of nitrogens with one attached hydrogen (secondary N) is 1. The molecule has 1 aliphatic heterocycles. The van der Waals surface area contributed by atoms with Crippen LogP contribution in [-0.2, 0) is 6.42 Å². The van der Waals surface area contributed by atoms with Gasteiger partial charge in [0.2, 0.25) is 0 Å². The number of benzene rings is 2. The average Bonchev–Trinajstić information content (AvgIpc) is 2.62. The highest BCUT2D eigenvalue weighted by Gasteiger charge is 2.19. The Morgan fingerprint density at radius 2 is 1.96 bits per heavy atom. The molecule has 0 atom stereocenters. The number of carbonyl (C=O) groups excluding carboxylic acids is 1. The molecule has 3 rings (SSSR count). The van der Waals surface area contributed by atoms with Gasteiger partial charge in [0, 0.05) is 12.1 Å². The van der Waals surface area contributed by atoms with Gasteiger partial charge in [-0.3, -0.25) is 4.79 Å². The van der Waals surface area contributed by atoms with Gasteiger partial charge in [-0.25, -0.2) is 0 Å². The maximum Gasteiger partial charge on any atom is 0.251 e. The summed E-state index contributed by atoms with van der Waals surface area (Å²) in [6.45, 7) is 1.43. The lowest BCUT2D eigenvalue weighted by Crippen LogP contribution is -2.26. The Bertz CT molecular complexity index is 731. The van der Waals surface area contributed by atoms with E-state index in [1.54, 1.807) is 19.2 Å². The third-order valence-corrected chi connectivity index (χ3v) is 4.00. The lowest BCUT2D eigenvalue weighted by Gasteiger charge is -2.20. The molecule has 2 aromatic rings. The van der Waals surface area contributed by atoms with Crippen molar-refractivity contribution in [3.63, 3.8) is 0 Å². The summed E-state index contributed by atoms with van der Waals surface area (Å²) in [5.41, 5.74) is 1.58. The van der Waals surface area contributed by atoms with Crippen LogP contribution in [0.3, 0.4) is 0 Å². The van der Waals surface area contributed by atoms with Crippen molar-refractivity contribution in [2.24, 2.45) is 0 Å². The summed E-state index contributed by atoms with van der Waals surface area (Å²) < 4.78 is 16.1. The number of ether oxygens (including phenoxy) is 3. The Labute approximate surface area is 145 Å². The monoisotopic (exact) mass is 347 g/mol. The molecule has 1 amide bonds. The average molecular weight is 348 g/mol. The van der Waals surface area contributed by atoms with E-state index in [9.17, 15) is 4.79 Å². The molecule has 0 bridgehead atoms. The Morgan fingerprint density at radius 1 is 1.21 bits per heavy atom. The molecule has 24 heavy (non-hydrogen) atoms. The zero-order valence-electron chi connectivity index (χ0n) is 13.3. The predicted molar refractivity (Wildman–Crippen MR) is 91.5 cm³/mol. The number of carbonyl (C=O) groups is 1. The number of hydrogen-bond acceptors (Lipinski definition) is 4. The first kappa shape index (κ1) is 16.5. The van der Waals surface area contributed by atoms with Crippen molar-refractivity contribution in [3.8, 4) is 17.2 Å². The number of fused-ring (bicyclic) bond motifs is 1. The molecule has 2 aromatic carbocycles. The Kier molecular flexibility index (Phi) is 5.11. The summed E-state index contributed by atoms with van der Waals surface area (Å²) in [7, 11) is 1.63. The molecule has 0 fully saturated rings. The van der Waals surface area contributed by atoms with E-state index in [2.05, 4.69) is 5.32 Å². The fourth-order valence-corrected chi connectivity index (χ4v) is 2.72. The number of amides is 1. The van der Waals surface area contributed by atoms with E-state index in [1.807, 2.05) is 24.3 Å². The third kappa shape index (κ3) is 3.74. The van der Waals surface area contributed by atoms with Crippen molar-refractivity contribution in [1.29, 1.82) is 0 Å². The minimum Gasteiger partial charge on any atom is -0.497 e. The van der Waals surface area contributed by atoms with E-state index in [1.165, 1.54) is 0 Å². The van der Waals surface area contributed by atoms with Crippen LogP contribution < -0.4 is 19.5 Å². The zero-order chi connectivity index (χ0) is 16.9. The quantitative estimate of drug-likeness (QED) is 0.903. The molecule has 1 aliphatic rings. The van der Waals surface area contributed by atoms with Gasteiger partial charge in [-0.2, -0.15) is 0 Å². The second kappa shape index (κ2) is 7.45. The molecule has 0 unspecified atom stereocenters. The lowest BCUT2D eigenvalue weighted by molar-refractivity contribution is 0.0953. The SMILES string of the molecule is COc1ccc(CCNC(=O)c2cc(Cl)c3c(c2)OCCO3)cc1. The van der Waals surface area contributed by atoms with Gasteiger partial charge in [0.25, 0.3) is 5.91 Å². The Morgan fingerprint density at radius 3 is 2.71 bits per heavy atom. The highest BCUT2D eigenvalue weighted by molar-refractivity contribution is 6.32. The van der Waals surface area contributed by atoms with Crippen LogP contribution in [0, 0.1) is 0 Å². The van der Waals surface area contributed by atoms with E-state index in [0.29, 0.717) is 41.8 Å². The first-order chi connectivity index (χ1) is 11.7. The van der Waals surface area contributed by atoms with Crippen molar-refractivity contribution in [3.05, 3.63) is 52.5 Å². The van der Waals surface area contributed by atoms with Crippen LogP contribution in [0.4, 0.5) is 0 Å². The van der Waals surface area contributed by atoms with Crippen molar-refractivity contribution in [1.82, 2.24) is 5.32 Å². The van der Waals surface area contributed by atoms with Gasteiger partial charge >= 0.3 is 0 Å². The molecule has 0 aromatic heterocycles. The molecular formula is C18H18ClNO4. The van der Waals surface area contributed by atoms with Gasteiger partial charge in [0.05, 0.1) is 12.1 Å². The highest BCUT2D eigenvalue weighted by atomic mass is 35.5. The van der Waals surface area contributed by atoms with Gasteiger partial charge in [-0.1, -0.05) is 23.7 Å². The molecule has 1 heterocycles. The first-order valence-electron chi connectivity index (χ1n) is 7.67. The van der Waals surface area contributed by atoms with Crippen molar-refractivity contribution in [2.75, 3.05) is 26.9 Å². The van der Waals surface area contributed by atoms with E-state index in [4.69, 9.17) is 25.8 Å². The number of hydrogen-bond donors (Lipinski definition) is 1. The maximum absolute atomic E-state index is 12.3. The van der Waals surface area contributed by atoms with Crippen molar-refractivity contribution >= 4 is 17.5 Å². The molecule has 0 saturated carbocycles. The molecule has 0 saturated heterocycles. The largest absolute Gasteiger partial charge is 0.497 e. The van der Waals surface area contributed by atoms with E-state index in [0.717, 1.165) is 17.7 Å². The lowest BCUT2D eigenvalue weighted by atomic mass is 10.1. The number of methoxy groups -OCH3 is 1. The molecule has 0 radical (unpaired) electrons. The van der Waals surface area contributed by atoms with E-state index >= 15 is 0 Å². The smallest absolute Gasteiger partial charge is 0.251 e. The Balaban J connectivity index is 1.59. The molecule has 1 N–H and O–H groups in total. The summed E-state index contributed by atoms with van der Waals surface area (Å²) in [5.74, 6) is 1.63. The van der Waals surface area contributed by atoms with Crippen LogP contribution in [0.25, 0.3) is 0 Å². The summed E-state index contributed by atoms with van der Waals surface area (Å²) in [6, 6.07) is 11.0. The molecule has 0 spiro atoms. The van der Waals surface area contributed by atoms with Gasteiger partial charge in [0.1, 0.15) is 19.0 Å². The normalized spacial score (nSPS) is 12.6. The van der Waals surface area contributed by atoms with Crippen LogP contribution in [0.15, 0.2) is 36.4 Å². The zero-order valence-corrected chi connectivity index (χ0v) is 14.1.